The average Bonchev–Trinajstić information content (AvgIpc) is 2.26. The number of carbonyl (C=O) groups excluding carboxylic acids is 1. The Bertz CT molecular complexity index is 412. The topological polar surface area (TPSA) is 81.0 Å². The molecule has 1 fully saturated rings. The molecule has 0 radical (unpaired) electrons. The Kier molecular flexibility index (Phi) is 3.19. The molecule has 0 aromatic heterocycles. The Morgan fingerprint density at radius 2 is 1.88 bits per heavy atom. The van der Waals surface area contributed by atoms with E-state index in [-0.39, 0.29) is 23.0 Å². The van der Waals surface area contributed by atoms with E-state index < -0.39 is 6.10 Å². The number of piperidine rings is 1. The second-order valence-electron chi connectivity index (χ2n) is 4.29. The number of rotatable bonds is 1. The zero-order valence-electron chi connectivity index (χ0n) is 9.33. The van der Waals surface area contributed by atoms with Gasteiger partial charge in [-0.15, -0.1) is 0 Å². The molecule has 0 spiro atoms. The lowest BCUT2D eigenvalue weighted by atomic mass is 10.1. The molecule has 5 nitrogen and oxygen atoms in total. The highest BCUT2D eigenvalue weighted by Gasteiger charge is 2.23. The molecule has 0 aliphatic carbocycles. The number of likely N-dealkylation sites (tertiary alicyclic amines) is 1. The Labute approximate surface area is 98.9 Å². The molecule has 0 bridgehead atoms. The van der Waals surface area contributed by atoms with Crippen LogP contribution in [0.4, 0.5) is 0 Å². The lowest BCUT2D eigenvalue weighted by Gasteiger charge is -2.30. The van der Waals surface area contributed by atoms with E-state index in [1.807, 2.05) is 0 Å². The SMILES string of the molecule is O=C(c1cc(O)cc(O)c1)N1CCCC(O)C1. The van der Waals surface area contributed by atoms with Gasteiger partial charge in [0.1, 0.15) is 11.5 Å². The van der Waals surface area contributed by atoms with Crippen molar-refractivity contribution in [3.05, 3.63) is 23.8 Å². The fourth-order valence-corrected chi connectivity index (χ4v) is 2.04. The third-order valence-corrected chi connectivity index (χ3v) is 2.83. The van der Waals surface area contributed by atoms with Crippen molar-refractivity contribution in [2.24, 2.45) is 0 Å². The van der Waals surface area contributed by atoms with Crippen molar-refractivity contribution in [2.45, 2.75) is 18.9 Å². The van der Waals surface area contributed by atoms with E-state index in [0.717, 1.165) is 6.42 Å². The number of amides is 1. The number of aliphatic hydroxyl groups is 1. The van der Waals surface area contributed by atoms with Crippen LogP contribution in [0.15, 0.2) is 18.2 Å². The van der Waals surface area contributed by atoms with Crippen LogP contribution in [-0.4, -0.2) is 45.3 Å². The van der Waals surface area contributed by atoms with E-state index in [9.17, 15) is 20.1 Å². The first-order valence-corrected chi connectivity index (χ1v) is 5.56. The molecule has 1 amide bonds. The summed E-state index contributed by atoms with van der Waals surface area (Å²) in [7, 11) is 0. The minimum atomic E-state index is -0.487. The van der Waals surface area contributed by atoms with Crippen LogP contribution < -0.4 is 0 Å². The van der Waals surface area contributed by atoms with Gasteiger partial charge in [0.25, 0.3) is 5.91 Å². The second-order valence-corrected chi connectivity index (χ2v) is 4.29. The summed E-state index contributed by atoms with van der Waals surface area (Å²) >= 11 is 0. The highest BCUT2D eigenvalue weighted by atomic mass is 16.3. The Balaban J connectivity index is 2.18. The molecule has 1 atom stereocenters. The summed E-state index contributed by atoms with van der Waals surface area (Å²) in [6.07, 6.45) is 0.978. The number of aromatic hydroxyl groups is 2. The number of carbonyl (C=O) groups is 1. The first-order chi connectivity index (χ1) is 8.06. The van der Waals surface area contributed by atoms with Gasteiger partial charge in [-0.2, -0.15) is 0 Å². The molecule has 1 aliphatic rings. The normalized spacial score (nSPS) is 20.3. The zero-order valence-corrected chi connectivity index (χ0v) is 9.33. The first-order valence-electron chi connectivity index (χ1n) is 5.56. The third-order valence-electron chi connectivity index (χ3n) is 2.83. The summed E-state index contributed by atoms with van der Waals surface area (Å²) in [5, 5.41) is 28.1. The number of hydrogen-bond acceptors (Lipinski definition) is 4. The van der Waals surface area contributed by atoms with Crippen molar-refractivity contribution in [2.75, 3.05) is 13.1 Å². The maximum Gasteiger partial charge on any atom is 0.254 e. The molecular weight excluding hydrogens is 222 g/mol. The van der Waals surface area contributed by atoms with Gasteiger partial charge in [-0.25, -0.2) is 0 Å². The van der Waals surface area contributed by atoms with Crippen LogP contribution >= 0.6 is 0 Å². The lowest BCUT2D eigenvalue weighted by Crippen LogP contribution is -2.42. The van der Waals surface area contributed by atoms with Crippen LogP contribution in [0.3, 0.4) is 0 Å². The Hall–Kier alpha value is -1.75. The summed E-state index contributed by atoms with van der Waals surface area (Å²) in [5.41, 5.74) is 0.233. The maximum atomic E-state index is 12.0. The largest absolute Gasteiger partial charge is 0.508 e. The van der Waals surface area contributed by atoms with Crippen LogP contribution in [0.1, 0.15) is 23.2 Å². The van der Waals surface area contributed by atoms with Crippen molar-refractivity contribution in [3.63, 3.8) is 0 Å². The summed E-state index contributed by atoms with van der Waals surface area (Å²) in [6.45, 7) is 0.890. The van der Waals surface area contributed by atoms with Crippen LogP contribution in [0.2, 0.25) is 0 Å². The van der Waals surface area contributed by atoms with Gasteiger partial charge in [0.2, 0.25) is 0 Å². The molecule has 5 heteroatoms. The van der Waals surface area contributed by atoms with Crippen LogP contribution in [-0.2, 0) is 0 Å². The van der Waals surface area contributed by atoms with E-state index in [4.69, 9.17) is 0 Å². The van der Waals surface area contributed by atoms with Gasteiger partial charge in [0.05, 0.1) is 6.10 Å². The molecule has 1 heterocycles. The van der Waals surface area contributed by atoms with Crippen molar-refractivity contribution in [3.8, 4) is 11.5 Å². The van der Waals surface area contributed by atoms with E-state index >= 15 is 0 Å². The van der Waals surface area contributed by atoms with Gasteiger partial charge in [0, 0.05) is 24.7 Å². The predicted octanol–water partition coefficient (Wildman–Crippen LogP) is 0.695. The average molecular weight is 237 g/mol. The van der Waals surface area contributed by atoms with Crippen molar-refractivity contribution in [1.82, 2.24) is 4.90 Å². The Morgan fingerprint density at radius 1 is 1.24 bits per heavy atom. The van der Waals surface area contributed by atoms with Gasteiger partial charge in [-0.1, -0.05) is 0 Å². The maximum absolute atomic E-state index is 12.0. The van der Waals surface area contributed by atoms with Crippen molar-refractivity contribution >= 4 is 5.91 Å². The molecule has 1 aromatic rings. The number of β-amino-alcohol motifs (C(OH)–C–C–N with tert-alkyl or cyclic N) is 1. The highest BCUT2D eigenvalue weighted by Crippen LogP contribution is 2.22. The lowest BCUT2D eigenvalue weighted by molar-refractivity contribution is 0.0473. The summed E-state index contributed by atoms with van der Waals surface area (Å²) in [6, 6.07) is 3.79. The predicted molar refractivity (Wildman–Crippen MR) is 60.9 cm³/mol. The van der Waals surface area contributed by atoms with E-state index in [0.29, 0.717) is 19.5 Å². The van der Waals surface area contributed by atoms with Gasteiger partial charge < -0.3 is 20.2 Å². The number of nitrogens with zero attached hydrogens (tertiary/aromatic N) is 1. The molecule has 1 aliphatic heterocycles. The molecule has 92 valence electrons. The van der Waals surface area contributed by atoms with E-state index in [1.165, 1.54) is 23.1 Å². The standard InChI is InChI=1S/C12H15NO4/c14-9-2-1-3-13(7-9)12(17)8-4-10(15)6-11(16)5-8/h4-6,9,14-16H,1-3,7H2. The highest BCUT2D eigenvalue weighted by molar-refractivity contribution is 5.95. The van der Waals surface area contributed by atoms with E-state index in [2.05, 4.69) is 0 Å². The minimum Gasteiger partial charge on any atom is -0.508 e. The van der Waals surface area contributed by atoms with Crippen molar-refractivity contribution in [1.29, 1.82) is 0 Å². The quantitative estimate of drug-likeness (QED) is 0.671. The smallest absolute Gasteiger partial charge is 0.254 e. The van der Waals surface area contributed by atoms with Crippen molar-refractivity contribution < 1.29 is 20.1 Å². The second kappa shape index (κ2) is 4.63. The summed E-state index contributed by atoms with van der Waals surface area (Å²) in [4.78, 5) is 13.6. The molecule has 1 aromatic carbocycles. The number of benzene rings is 1. The minimum absolute atomic E-state index is 0.147. The first kappa shape index (κ1) is 11.7. The molecular formula is C12H15NO4. The molecule has 0 saturated carbocycles. The molecule has 3 N–H and O–H groups in total. The molecule has 17 heavy (non-hydrogen) atoms. The summed E-state index contributed by atoms with van der Waals surface area (Å²) < 4.78 is 0. The number of hydrogen-bond donors (Lipinski definition) is 3. The van der Waals surface area contributed by atoms with Crippen LogP contribution in [0, 0.1) is 0 Å². The monoisotopic (exact) mass is 237 g/mol. The van der Waals surface area contributed by atoms with Gasteiger partial charge in [-0.3, -0.25) is 4.79 Å². The Morgan fingerprint density at radius 3 is 2.47 bits per heavy atom. The number of phenols is 2. The fourth-order valence-electron chi connectivity index (χ4n) is 2.04. The van der Waals surface area contributed by atoms with Gasteiger partial charge in [0.15, 0.2) is 0 Å². The van der Waals surface area contributed by atoms with Crippen LogP contribution in [0.25, 0.3) is 0 Å². The molecule has 1 unspecified atom stereocenters. The van der Waals surface area contributed by atoms with Gasteiger partial charge in [-0.05, 0) is 25.0 Å². The summed E-state index contributed by atoms with van der Waals surface area (Å²) in [5.74, 6) is -0.577. The zero-order chi connectivity index (χ0) is 12.4. The molecule has 2 rings (SSSR count). The fraction of sp³-hybridized carbons (Fsp3) is 0.417. The van der Waals surface area contributed by atoms with E-state index in [1.54, 1.807) is 0 Å². The van der Waals surface area contributed by atoms with Gasteiger partial charge >= 0.3 is 0 Å². The number of aliphatic hydroxyl groups excluding tert-OH is 1. The third kappa shape index (κ3) is 2.68. The van der Waals surface area contributed by atoms with Crippen LogP contribution in [0.5, 0.6) is 11.5 Å². The number of phenolic OH excluding ortho intramolecular Hbond substituents is 2. The molecule has 1 saturated heterocycles.